The molecule has 2 aromatic carbocycles. The van der Waals surface area contributed by atoms with E-state index in [4.69, 9.17) is 22.2 Å². The number of methoxy groups -OCH3 is 1. The highest BCUT2D eigenvalue weighted by Crippen LogP contribution is 2.21. The molecule has 25 heavy (non-hydrogen) atoms. The second kappa shape index (κ2) is 6.92. The number of halogens is 1. The Morgan fingerprint density at radius 1 is 1.32 bits per heavy atom. The molecule has 3 aromatic rings. The van der Waals surface area contributed by atoms with Crippen LogP contribution in [0.25, 0.3) is 11.0 Å². The summed E-state index contributed by atoms with van der Waals surface area (Å²) in [5.41, 5.74) is 0.872. The molecule has 8 heteroatoms. The summed E-state index contributed by atoms with van der Waals surface area (Å²) in [5, 5.41) is 14.6. The van der Waals surface area contributed by atoms with Crippen molar-refractivity contribution in [2.75, 3.05) is 7.11 Å². The van der Waals surface area contributed by atoms with Gasteiger partial charge in [-0.05, 0) is 35.9 Å². The van der Waals surface area contributed by atoms with Gasteiger partial charge in [0.05, 0.1) is 18.1 Å². The number of aliphatic hydroxyl groups excluding tert-OH is 1. The third kappa shape index (κ3) is 3.33. The number of aliphatic hydroxyl groups is 1. The zero-order valence-electron chi connectivity index (χ0n) is 13.2. The number of benzene rings is 2. The maximum atomic E-state index is 12.4. The van der Waals surface area contributed by atoms with Crippen molar-refractivity contribution in [2.45, 2.75) is 6.10 Å². The van der Waals surface area contributed by atoms with Crippen LogP contribution in [0, 0.1) is 0 Å². The van der Waals surface area contributed by atoms with E-state index in [0.717, 1.165) is 0 Å². The quantitative estimate of drug-likeness (QED) is 0.375. The van der Waals surface area contributed by atoms with E-state index >= 15 is 0 Å². The molecule has 0 aliphatic heterocycles. The lowest BCUT2D eigenvalue weighted by molar-refractivity contribution is 0.247. The van der Waals surface area contributed by atoms with E-state index in [-0.39, 0.29) is 11.4 Å². The normalized spacial score (nSPS) is 13.0. The summed E-state index contributed by atoms with van der Waals surface area (Å²) >= 11 is 5.91. The minimum Gasteiger partial charge on any atom is -0.497 e. The van der Waals surface area contributed by atoms with Gasteiger partial charge in [0.15, 0.2) is 5.69 Å². The van der Waals surface area contributed by atoms with Gasteiger partial charge in [-0.15, -0.1) is 0 Å². The number of aromatic nitrogens is 2. The highest BCUT2D eigenvalue weighted by atomic mass is 35.5. The van der Waals surface area contributed by atoms with Crippen LogP contribution in [0.5, 0.6) is 5.75 Å². The Morgan fingerprint density at radius 3 is 2.68 bits per heavy atom. The zero-order chi connectivity index (χ0) is 18.0. The zero-order valence-corrected chi connectivity index (χ0v) is 14.0. The average molecular weight is 359 g/mol. The molecule has 0 aliphatic rings. The van der Waals surface area contributed by atoms with Crippen LogP contribution >= 0.6 is 11.6 Å². The molecule has 0 saturated carbocycles. The molecule has 0 unspecified atom stereocenters. The molecule has 0 saturated heterocycles. The summed E-state index contributed by atoms with van der Waals surface area (Å²) in [6.07, 6.45) is -1.21. The maximum absolute atomic E-state index is 12.4. The molecule has 0 radical (unpaired) electrons. The van der Waals surface area contributed by atoms with E-state index in [1.54, 1.807) is 49.6 Å². The third-order valence-corrected chi connectivity index (χ3v) is 3.96. The molecule has 128 valence electrons. The van der Waals surface area contributed by atoms with Crippen LogP contribution in [0.4, 0.5) is 0 Å². The van der Waals surface area contributed by atoms with Crippen molar-refractivity contribution in [3.63, 3.8) is 0 Å². The molecule has 1 atom stereocenters. The number of hydrogen-bond donors (Lipinski definition) is 3. The second-order valence-electron chi connectivity index (χ2n) is 5.27. The molecule has 1 aromatic heterocycles. The number of nitrogens with two attached hydrogens (primary N) is 1. The lowest BCUT2D eigenvalue weighted by Crippen LogP contribution is -2.26. The summed E-state index contributed by atoms with van der Waals surface area (Å²) < 4.78 is 5.08. The van der Waals surface area contributed by atoms with Gasteiger partial charge in [-0.25, -0.2) is 4.98 Å². The standard InChI is InChI=1S/C17H15ClN4O3/c1-25-11-5-2-9(3-6-11)16(23)14(22-19)15-17(24)21-13-8-10(18)4-7-12(13)20-15/h2-8,16,23H,19H2,1H3,(H,21,24)/b22-14-/t16-/m0/s1. The minimum atomic E-state index is -1.21. The van der Waals surface area contributed by atoms with E-state index in [1.807, 2.05) is 0 Å². The van der Waals surface area contributed by atoms with E-state index < -0.39 is 11.7 Å². The molecule has 0 fully saturated rings. The predicted molar refractivity (Wildman–Crippen MR) is 96.1 cm³/mol. The highest BCUT2D eigenvalue weighted by molar-refractivity contribution is 6.31. The van der Waals surface area contributed by atoms with E-state index in [1.165, 1.54) is 0 Å². The fraction of sp³-hybridized carbons (Fsp3) is 0.118. The van der Waals surface area contributed by atoms with Gasteiger partial charge in [-0.3, -0.25) is 4.79 Å². The largest absolute Gasteiger partial charge is 0.497 e. The lowest BCUT2D eigenvalue weighted by atomic mass is 10.0. The third-order valence-electron chi connectivity index (χ3n) is 3.73. The van der Waals surface area contributed by atoms with Crippen molar-refractivity contribution in [3.8, 4) is 5.75 Å². The highest BCUT2D eigenvalue weighted by Gasteiger charge is 2.22. The van der Waals surface area contributed by atoms with E-state index in [2.05, 4.69) is 15.1 Å². The van der Waals surface area contributed by atoms with Crippen LogP contribution in [-0.4, -0.2) is 27.9 Å². The van der Waals surface area contributed by atoms with Crippen LogP contribution < -0.4 is 16.1 Å². The van der Waals surface area contributed by atoms with E-state index in [0.29, 0.717) is 27.4 Å². The summed E-state index contributed by atoms with van der Waals surface area (Å²) in [6.45, 7) is 0. The molecule has 1 heterocycles. The number of hydrazone groups is 1. The van der Waals surface area contributed by atoms with Crippen molar-refractivity contribution >= 4 is 28.3 Å². The monoisotopic (exact) mass is 358 g/mol. The maximum Gasteiger partial charge on any atom is 0.276 e. The lowest BCUT2D eigenvalue weighted by Gasteiger charge is -2.13. The van der Waals surface area contributed by atoms with Crippen LogP contribution in [0.1, 0.15) is 17.4 Å². The Kier molecular flexibility index (Phi) is 4.69. The Morgan fingerprint density at radius 2 is 2.04 bits per heavy atom. The van der Waals surface area contributed by atoms with Gasteiger partial charge in [0.1, 0.15) is 17.6 Å². The Hall–Kier alpha value is -2.90. The summed E-state index contributed by atoms with van der Waals surface area (Å²) in [6, 6.07) is 11.6. The predicted octanol–water partition coefficient (Wildman–Crippen LogP) is 1.98. The number of rotatable bonds is 4. The average Bonchev–Trinajstić information content (AvgIpc) is 2.62. The van der Waals surface area contributed by atoms with Crippen molar-refractivity contribution in [3.05, 3.63) is 69.1 Å². The molecular formula is C17H15ClN4O3. The Labute approximate surface area is 147 Å². The molecule has 0 bridgehead atoms. The van der Waals surface area contributed by atoms with Gasteiger partial charge in [-0.2, -0.15) is 5.10 Å². The van der Waals surface area contributed by atoms with Crippen LogP contribution in [0.2, 0.25) is 5.02 Å². The second-order valence-corrected chi connectivity index (χ2v) is 5.70. The Balaban J connectivity index is 2.05. The van der Waals surface area contributed by atoms with Crippen LogP contribution in [0.3, 0.4) is 0 Å². The number of H-pyrrole nitrogens is 1. The van der Waals surface area contributed by atoms with Crippen molar-refractivity contribution in [1.82, 2.24) is 9.97 Å². The summed E-state index contributed by atoms with van der Waals surface area (Å²) in [7, 11) is 1.54. The smallest absolute Gasteiger partial charge is 0.276 e. The van der Waals surface area contributed by atoms with Crippen LogP contribution in [-0.2, 0) is 0 Å². The minimum absolute atomic E-state index is 0.0386. The van der Waals surface area contributed by atoms with Gasteiger partial charge in [0.25, 0.3) is 5.56 Å². The SMILES string of the molecule is COc1ccc([C@H](O)/C(=N\N)c2nc3ccc(Cl)cc3[nH]c2=O)cc1. The number of ether oxygens (including phenoxy) is 1. The van der Waals surface area contributed by atoms with Gasteiger partial charge >= 0.3 is 0 Å². The number of fused-ring (bicyclic) bond motifs is 1. The molecule has 7 nitrogen and oxygen atoms in total. The topological polar surface area (TPSA) is 114 Å². The van der Waals surface area contributed by atoms with Crippen molar-refractivity contribution < 1.29 is 9.84 Å². The van der Waals surface area contributed by atoms with Gasteiger partial charge in [0, 0.05) is 5.02 Å². The molecule has 4 N–H and O–H groups in total. The molecule has 0 aliphatic carbocycles. The van der Waals surface area contributed by atoms with Gasteiger partial charge in [-0.1, -0.05) is 23.7 Å². The van der Waals surface area contributed by atoms with Crippen molar-refractivity contribution in [2.24, 2.45) is 10.9 Å². The summed E-state index contributed by atoms with van der Waals surface area (Å²) in [5.74, 6) is 6.07. The molecule has 3 rings (SSSR count). The fourth-order valence-electron chi connectivity index (χ4n) is 2.44. The summed E-state index contributed by atoms with van der Waals surface area (Å²) in [4.78, 5) is 19.3. The molecule has 0 amide bonds. The first-order valence-electron chi connectivity index (χ1n) is 7.33. The van der Waals surface area contributed by atoms with E-state index in [9.17, 15) is 9.90 Å². The first-order chi connectivity index (χ1) is 12.0. The molecular weight excluding hydrogens is 344 g/mol. The van der Waals surface area contributed by atoms with Gasteiger partial charge < -0.3 is 20.7 Å². The van der Waals surface area contributed by atoms with Crippen molar-refractivity contribution in [1.29, 1.82) is 0 Å². The number of aromatic amines is 1. The molecule has 0 spiro atoms. The fourth-order valence-corrected chi connectivity index (χ4v) is 2.61. The first kappa shape index (κ1) is 16.9. The number of hydrogen-bond acceptors (Lipinski definition) is 6. The number of nitrogens with one attached hydrogen (secondary N) is 1. The number of nitrogens with zero attached hydrogens (tertiary/aromatic N) is 2. The van der Waals surface area contributed by atoms with Crippen LogP contribution in [0.15, 0.2) is 52.4 Å². The Bertz CT molecular complexity index is 999. The van der Waals surface area contributed by atoms with Gasteiger partial charge in [0.2, 0.25) is 0 Å². The first-order valence-corrected chi connectivity index (χ1v) is 7.71.